The van der Waals surface area contributed by atoms with Gasteiger partial charge in [-0.25, -0.2) is 4.98 Å². The van der Waals surface area contributed by atoms with Crippen molar-refractivity contribution in [3.8, 4) is 0 Å². The number of rotatable bonds is 1. The quantitative estimate of drug-likeness (QED) is 0.751. The van der Waals surface area contributed by atoms with Gasteiger partial charge >= 0.3 is 0 Å². The molecule has 1 heterocycles. The van der Waals surface area contributed by atoms with Crippen LogP contribution in [0.4, 0.5) is 5.82 Å². The first-order chi connectivity index (χ1) is 5.92. The van der Waals surface area contributed by atoms with Crippen molar-refractivity contribution in [1.29, 1.82) is 0 Å². The molecule has 0 aliphatic heterocycles. The van der Waals surface area contributed by atoms with Crippen LogP contribution in [0.2, 0.25) is 0 Å². The van der Waals surface area contributed by atoms with Crippen molar-refractivity contribution in [2.24, 2.45) is 0 Å². The molecule has 0 aliphatic rings. The van der Waals surface area contributed by atoms with E-state index in [4.69, 9.17) is 0 Å². The molecule has 0 saturated carbocycles. The van der Waals surface area contributed by atoms with Crippen molar-refractivity contribution < 1.29 is 0 Å². The van der Waals surface area contributed by atoms with Crippen LogP contribution in [0.15, 0.2) is 36.5 Å². The Morgan fingerprint density at radius 3 is 2.83 bits per heavy atom. The number of hydrogen-bond donors (Lipinski definition) is 1. The summed E-state index contributed by atoms with van der Waals surface area (Å²) >= 11 is 3.17. The van der Waals surface area contributed by atoms with Crippen LogP contribution in [0, 0.1) is 0 Å². The van der Waals surface area contributed by atoms with Crippen LogP contribution in [-0.2, 0) is 0 Å². The van der Waals surface area contributed by atoms with E-state index in [2.05, 4.69) is 31.5 Å². The summed E-state index contributed by atoms with van der Waals surface area (Å²) in [6.07, 6.45) is 1.78. The second-order valence-corrected chi connectivity index (χ2v) is 2.87. The van der Waals surface area contributed by atoms with E-state index >= 15 is 0 Å². The van der Waals surface area contributed by atoms with Gasteiger partial charge in [0.05, 0.1) is 0 Å². The minimum Gasteiger partial charge on any atom is -0.306 e. The summed E-state index contributed by atoms with van der Waals surface area (Å²) < 4.78 is 2.87. The van der Waals surface area contributed by atoms with E-state index in [0.717, 1.165) is 11.2 Å². The van der Waals surface area contributed by atoms with Crippen molar-refractivity contribution in [1.82, 2.24) is 4.98 Å². The summed E-state index contributed by atoms with van der Waals surface area (Å²) in [7, 11) is 0. The van der Waals surface area contributed by atoms with E-state index < -0.39 is 0 Å². The number of pyridine rings is 1. The zero-order valence-electron chi connectivity index (χ0n) is 6.29. The highest BCUT2D eigenvalue weighted by Crippen LogP contribution is 2.20. The number of nitrogens with one attached hydrogen (secondary N) is 1. The maximum Gasteiger partial charge on any atom is 0.143 e. The number of benzene rings is 1. The van der Waals surface area contributed by atoms with Crippen LogP contribution < -0.4 is 4.34 Å². The Bertz CT molecular complexity index is 395. The summed E-state index contributed by atoms with van der Waals surface area (Å²) in [5.41, 5.74) is 0. The Kier molecular flexibility index (Phi) is 1.96. The van der Waals surface area contributed by atoms with Crippen molar-refractivity contribution in [2.75, 3.05) is 4.34 Å². The van der Waals surface area contributed by atoms with Gasteiger partial charge in [-0.1, -0.05) is 24.3 Å². The van der Waals surface area contributed by atoms with E-state index in [1.165, 1.54) is 5.39 Å². The first-order valence-corrected chi connectivity index (χ1v) is 4.41. The van der Waals surface area contributed by atoms with Crippen LogP contribution in [0.1, 0.15) is 0 Å². The molecule has 0 radical (unpaired) electrons. The van der Waals surface area contributed by atoms with E-state index in [9.17, 15) is 0 Å². The van der Waals surface area contributed by atoms with Crippen molar-refractivity contribution in [3.05, 3.63) is 36.5 Å². The van der Waals surface area contributed by atoms with Crippen molar-refractivity contribution in [2.45, 2.75) is 0 Å². The van der Waals surface area contributed by atoms with Gasteiger partial charge < -0.3 is 4.34 Å². The third kappa shape index (κ3) is 1.16. The van der Waals surface area contributed by atoms with Gasteiger partial charge in [0.25, 0.3) is 0 Å². The van der Waals surface area contributed by atoms with Gasteiger partial charge in [-0.05, 0) is 11.5 Å². The number of anilines is 1. The van der Waals surface area contributed by atoms with Gasteiger partial charge in [-0.3, -0.25) is 0 Å². The zero-order valence-corrected chi connectivity index (χ0v) is 7.88. The standard InChI is InChI=1S/C9H7BrN2/c10-12-9-8-4-2-1-3-7(8)5-6-11-9/h1-6H,(H,11,12). The third-order valence-corrected chi connectivity index (χ3v) is 2.14. The fourth-order valence-corrected chi connectivity index (χ4v) is 1.51. The van der Waals surface area contributed by atoms with Crippen LogP contribution in [-0.4, -0.2) is 4.98 Å². The SMILES string of the molecule is BrNc1nccc2ccccc12. The Morgan fingerprint density at radius 2 is 2.00 bits per heavy atom. The smallest absolute Gasteiger partial charge is 0.143 e. The predicted octanol–water partition coefficient (Wildman–Crippen LogP) is 2.96. The number of hydrogen-bond acceptors (Lipinski definition) is 2. The van der Waals surface area contributed by atoms with Gasteiger partial charge in [0.15, 0.2) is 0 Å². The lowest BCUT2D eigenvalue weighted by molar-refractivity contribution is 1.37. The second-order valence-electron chi connectivity index (χ2n) is 2.48. The molecule has 2 aromatic rings. The van der Waals surface area contributed by atoms with E-state index in [0.29, 0.717) is 0 Å². The lowest BCUT2D eigenvalue weighted by Crippen LogP contribution is -1.85. The molecule has 0 saturated heterocycles. The molecule has 0 atom stereocenters. The largest absolute Gasteiger partial charge is 0.306 e. The van der Waals surface area contributed by atoms with Gasteiger partial charge in [-0.15, -0.1) is 0 Å². The zero-order chi connectivity index (χ0) is 8.39. The molecule has 1 N–H and O–H groups in total. The number of aromatic nitrogens is 1. The first-order valence-electron chi connectivity index (χ1n) is 3.62. The monoisotopic (exact) mass is 222 g/mol. The molecule has 0 bridgehead atoms. The molecule has 1 aromatic heterocycles. The first kappa shape index (κ1) is 7.55. The summed E-state index contributed by atoms with van der Waals surface area (Å²) in [5, 5.41) is 2.31. The molecule has 3 heteroatoms. The minimum atomic E-state index is 0.855. The highest BCUT2D eigenvalue weighted by Gasteiger charge is 1.97. The lowest BCUT2D eigenvalue weighted by Gasteiger charge is -2.01. The third-order valence-electron chi connectivity index (χ3n) is 1.76. The minimum absolute atomic E-state index is 0.855. The molecular weight excluding hydrogens is 216 g/mol. The average molecular weight is 223 g/mol. The summed E-state index contributed by atoms with van der Waals surface area (Å²) in [5.74, 6) is 0.855. The van der Waals surface area contributed by atoms with Crippen molar-refractivity contribution in [3.63, 3.8) is 0 Å². The second kappa shape index (κ2) is 3.11. The summed E-state index contributed by atoms with van der Waals surface area (Å²) in [4.78, 5) is 4.17. The predicted molar refractivity (Wildman–Crippen MR) is 54.3 cm³/mol. The summed E-state index contributed by atoms with van der Waals surface area (Å²) in [6, 6.07) is 10.1. The van der Waals surface area contributed by atoms with Gasteiger partial charge in [0.2, 0.25) is 0 Å². The average Bonchev–Trinajstić information content (AvgIpc) is 2.17. The van der Waals surface area contributed by atoms with Gasteiger partial charge in [0, 0.05) is 27.7 Å². The van der Waals surface area contributed by atoms with Gasteiger partial charge in [0.1, 0.15) is 5.82 Å². The maximum absolute atomic E-state index is 4.17. The van der Waals surface area contributed by atoms with Gasteiger partial charge in [-0.2, -0.15) is 0 Å². The fourth-order valence-electron chi connectivity index (χ4n) is 1.19. The maximum atomic E-state index is 4.17. The normalized spacial score (nSPS) is 10.1. The highest BCUT2D eigenvalue weighted by molar-refractivity contribution is 9.10. The van der Waals surface area contributed by atoms with Crippen LogP contribution in [0.3, 0.4) is 0 Å². The number of halogens is 1. The Balaban J connectivity index is 2.79. The Morgan fingerprint density at radius 1 is 1.17 bits per heavy atom. The van der Waals surface area contributed by atoms with E-state index in [1.54, 1.807) is 6.20 Å². The summed E-state index contributed by atoms with van der Waals surface area (Å²) in [6.45, 7) is 0. The molecule has 12 heavy (non-hydrogen) atoms. The molecule has 0 unspecified atom stereocenters. The molecule has 2 rings (SSSR count). The Hall–Kier alpha value is -1.09. The molecule has 2 nitrogen and oxygen atoms in total. The lowest BCUT2D eigenvalue weighted by atomic mass is 10.2. The molecule has 1 aromatic carbocycles. The van der Waals surface area contributed by atoms with Crippen LogP contribution >= 0.6 is 16.1 Å². The van der Waals surface area contributed by atoms with E-state index in [-0.39, 0.29) is 0 Å². The number of nitrogens with zero attached hydrogens (tertiary/aromatic N) is 1. The topological polar surface area (TPSA) is 24.9 Å². The molecule has 60 valence electrons. The molecule has 0 amide bonds. The molecular formula is C9H7BrN2. The molecule has 0 fully saturated rings. The molecule has 0 aliphatic carbocycles. The number of fused-ring (bicyclic) bond motifs is 1. The fraction of sp³-hybridized carbons (Fsp3) is 0. The van der Waals surface area contributed by atoms with Crippen LogP contribution in [0.5, 0.6) is 0 Å². The van der Waals surface area contributed by atoms with E-state index in [1.807, 2.05) is 24.3 Å². The van der Waals surface area contributed by atoms with Crippen LogP contribution in [0.25, 0.3) is 10.8 Å². The Labute approximate surface area is 79.0 Å². The van der Waals surface area contributed by atoms with Crippen molar-refractivity contribution >= 4 is 32.7 Å². The molecule has 0 spiro atoms. The highest BCUT2D eigenvalue weighted by atomic mass is 79.9.